The summed E-state index contributed by atoms with van der Waals surface area (Å²) < 4.78 is 15.8. The van der Waals surface area contributed by atoms with E-state index in [2.05, 4.69) is 10.1 Å². The molecule has 1 aliphatic rings. The number of benzene rings is 2. The Kier molecular flexibility index (Phi) is 4.42. The Morgan fingerprint density at radius 1 is 1.06 bits per heavy atom. The fourth-order valence-electron chi connectivity index (χ4n) is 3.86. The fraction of sp³-hybridized carbons (Fsp3) is 0.0870. The maximum absolute atomic E-state index is 14.5. The van der Waals surface area contributed by atoms with Crippen molar-refractivity contribution >= 4 is 45.9 Å². The second-order valence-corrected chi connectivity index (χ2v) is 7.82. The molecule has 0 unspecified atom stereocenters. The number of anilines is 1. The minimum absolute atomic E-state index is 0.119. The van der Waals surface area contributed by atoms with Gasteiger partial charge in [0.2, 0.25) is 0 Å². The standard InChI is InChI=1S/C23H14ClFN4O3/c1-11-19-20-16(10-26-21(19)29(27-11)18-8-5-14(24)9-17(18)25)22(31)28(23(20)32)15-6-3-13(4-7-15)12(2)30/h3-10H,1-2H3. The molecule has 0 aliphatic carbocycles. The monoisotopic (exact) mass is 448 g/mol. The number of carbonyl (C=O) groups excluding carboxylic acids is 3. The van der Waals surface area contributed by atoms with E-state index in [1.807, 2.05) is 0 Å². The zero-order valence-corrected chi connectivity index (χ0v) is 17.6. The van der Waals surface area contributed by atoms with Crippen molar-refractivity contribution in [1.82, 2.24) is 14.8 Å². The summed E-state index contributed by atoms with van der Waals surface area (Å²) in [7, 11) is 0. The van der Waals surface area contributed by atoms with Crippen LogP contribution in [0.15, 0.2) is 48.7 Å². The van der Waals surface area contributed by atoms with Gasteiger partial charge in [0.15, 0.2) is 11.4 Å². The minimum Gasteiger partial charge on any atom is -0.295 e. The van der Waals surface area contributed by atoms with Crippen LogP contribution >= 0.6 is 11.6 Å². The van der Waals surface area contributed by atoms with Gasteiger partial charge >= 0.3 is 0 Å². The lowest BCUT2D eigenvalue weighted by Crippen LogP contribution is -2.29. The summed E-state index contributed by atoms with van der Waals surface area (Å²) >= 11 is 5.85. The Bertz CT molecular complexity index is 1480. The normalized spacial score (nSPS) is 13.2. The Hall–Kier alpha value is -3.91. The van der Waals surface area contributed by atoms with Crippen LogP contribution in [0.1, 0.15) is 43.7 Å². The van der Waals surface area contributed by atoms with Crippen molar-refractivity contribution in [3.63, 3.8) is 0 Å². The first-order valence-corrected chi connectivity index (χ1v) is 9.99. The third-order valence-corrected chi connectivity index (χ3v) is 5.63. The first-order valence-electron chi connectivity index (χ1n) is 9.61. The van der Waals surface area contributed by atoms with Crippen LogP contribution in [0.4, 0.5) is 10.1 Å². The van der Waals surface area contributed by atoms with Gasteiger partial charge in [-0.05, 0) is 56.3 Å². The Morgan fingerprint density at radius 3 is 2.44 bits per heavy atom. The molecule has 2 aromatic carbocycles. The summed E-state index contributed by atoms with van der Waals surface area (Å²) in [5, 5.41) is 4.98. The molecule has 9 heteroatoms. The van der Waals surface area contributed by atoms with Gasteiger partial charge in [-0.25, -0.2) is 19.0 Å². The summed E-state index contributed by atoms with van der Waals surface area (Å²) in [6.45, 7) is 3.10. The Morgan fingerprint density at radius 2 is 1.78 bits per heavy atom. The molecule has 158 valence electrons. The maximum Gasteiger partial charge on any atom is 0.267 e. The molecule has 3 heterocycles. The Balaban J connectivity index is 1.67. The molecule has 4 aromatic rings. The molecule has 5 rings (SSSR count). The molecule has 0 fully saturated rings. The number of Topliss-reactive ketones (excluding diaryl/α,β-unsaturated/α-hetero) is 1. The zero-order chi connectivity index (χ0) is 22.7. The maximum atomic E-state index is 14.5. The summed E-state index contributed by atoms with van der Waals surface area (Å²) in [5.41, 5.74) is 1.89. The number of imide groups is 1. The average Bonchev–Trinajstić information content (AvgIpc) is 3.22. The van der Waals surface area contributed by atoms with Gasteiger partial charge in [-0.2, -0.15) is 5.10 Å². The average molecular weight is 449 g/mol. The first kappa shape index (κ1) is 20.0. The second-order valence-electron chi connectivity index (χ2n) is 7.39. The van der Waals surface area contributed by atoms with E-state index in [0.29, 0.717) is 22.3 Å². The van der Waals surface area contributed by atoms with E-state index < -0.39 is 17.6 Å². The molecule has 0 saturated heterocycles. The lowest BCUT2D eigenvalue weighted by molar-refractivity contribution is 0.0925. The van der Waals surface area contributed by atoms with E-state index in [0.717, 1.165) is 11.0 Å². The molecule has 2 amide bonds. The van der Waals surface area contributed by atoms with Gasteiger partial charge in [0.1, 0.15) is 11.5 Å². The minimum atomic E-state index is -0.598. The lowest BCUT2D eigenvalue weighted by Gasteiger charge is -2.14. The molecular formula is C23H14ClFN4O3. The summed E-state index contributed by atoms with van der Waals surface area (Å²) in [5.74, 6) is -1.78. The Labute approximate surface area is 186 Å². The van der Waals surface area contributed by atoms with Gasteiger partial charge < -0.3 is 0 Å². The highest BCUT2D eigenvalue weighted by molar-refractivity contribution is 6.37. The molecular weight excluding hydrogens is 435 g/mol. The van der Waals surface area contributed by atoms with Crippen LogP contribution < -0.4 is 4.90 Å². The number of hydrogen-bond donors (Lipinski definition) is 0. The van der Waals surface area contributed by atoms with Crippen LogP contribution in [0.3, 0.4) is 0 Å². The van der Waals surface area contributed by atoms with Gasteiger partial charge in [0.05, 0.1) is 27.9 Å². The summed E-state index contributed by atoms with van der Waals surface area (Å²) in [6, 6.07) is 10.4. The second kappa shape index (κ2) is 7.06. The van der Waals surface area contributed by atoms with Gasteiger partial charge in [-0.3, -0.25) is 14.4 Å². The molecule has 1 aliphatic heterocycles. The van der Waals surface area contributed by atoms with Crippen LogP contribution in [0.5, 0.6) is 0 Å². The van der Waals surface area contributed by atoms with Gasteiger partial charge in [-0.1, -0.05) is 11.6 Å². The van der Waals surface area contributed by atoms with Crippen LogP contribution in [0.25, 0.3) is 16.7 Å². The molecule has 7 nitrogen and oxygen atoms in total. The van der Waals surface area contributed by atoms with Crippen molar-refractivity contribution in [2.24, 2.45) is 0 Å². The van der Waals surface area contributed by atoms with E-state index in [9.17, 15) is 18.8 Å². The molecule has 0 spiro atoms. The zero-order valence-electron chi connectivity index (χ0n) is 16.9. The van der Waals surface area contributed by atoms with E-state index >= 15 is 0 Å². The van der Waals surface area contributed by atoms with Gasteiger partial charge in [0, 0.05) is 16.8 Å². The molecule has 0 radical (unpaired) electrons. The van der Waals surface area contributed by atoms with Gasteiger partial charge in [0.25, 0.3) is 11.8 Å². The SMILES string of the molecule is CC(=O)c1ccc(N2C(=O)c3cnc4c(c(C)nn4-c4ccc(Cl)cc4F)c3C2=O)cc1. The first-order chi connectivity index (χ1) is 15.3. The third kappa shape index (κ3) is 2.84. The number of hydrogen-bond acceptors (Lipinski definition) is 5. The predicted octanol–water partition coefficient (Wildman–Crippen LogP) is 4.52. The number of pyridine rings is 1. The quantitative estimate of drug-likeness (QED) is 0.339. The topological polar surface area (TPSA) is 85.2 Å². The number of fused-ring (bicyclic) bond motifs is 3. The van der Waals surface area contributed by atoms with Crippen molar-refractivity contribution in [3.8, 4) is 5.69 Å². The number of nitrogens with zero attached hydrogens (tertiary/aromatic N) is 4. The number of aromatic nitrogens is 3. The van der Waals surface area contributed by atoms with Crippen LogP contribution in [-0.2, 0) is 0 Å². The molecule has 32 heavy (non-hydrogen) atoms. The fourth-order valence-corrected chi connectivity index (χ4v) is 4.02. The number of ketones is 1. The van der Waals surface area contributed by atoms with E-state index in [-0.39, 0.29) is 33.3 Å². The van der Waals surface area contributed by atoms with Crippen molar-refractivity contribution in [3.05, 3.63) is 81.9 Å². The van der Waals surface area contributed by atoms with Crippen molar-refractivity contribution in [1.29, 1.82) is 0 Å². The van der Waals surface area contributed by atoms with Gasteiger partial charge in [-0.15, -0.1) is 0 Å². The lowest BCUT2D eigenvalue weighted by atomic mass is 10.1. The number of halogens is 2. The number of amides is 2. The molecule has 0 N–H and O–H groups in total. The molecule has 2 aromatic heterocycles. The summed E-state index contributed by atoms with van der Waals surface area (Å²) in [6.07, 6.45) is 1.30. The van der Waals surface area contributed by atoms with Crippen LogP contribution in [0, 0.1) is 12.7 Å². The molecule has 0 saturated carbocycles. The largest absolute Gasteiger partial charge is 0.295 e. The van der Waals surface area contributed by atoms with Crippen molar-refractivity contribution in [2.75, 3.05) is 4.90 Å². The number of rotatable bonds is 3. The highest BCUT2D eigenvalue weighted by Gasteiger charge is 2.40. The molecule has 0 bridgehead atoms. The van der Waals surface area contributed by atoms with E-state index in [1.165, 1.54) is 29.9 Å². The summed E-state index contributed by atoms with van der Waals surface area (Å²) in [4.78, 5) is 43.3. The smallest absolute Gasteiger partial charge is 0.267 e. The highest BCUT2D eigenvalue weighted by atomic mass is 35.5. The van der Waals surface area contributed by atoms with Crippen molar-refractivity contribution in [2.45, 2.75) is 13.8 Å². The third-order valence-electron chi connectivity index (χ3n) is 5.39. The van der Waals surface area contributed by atoms with Crippen molar-refractivity contribution < 1.29 is 18.8 Å². The van der Waals surface area contributed by atoms with E-state index in [1.54, 1.807) is 31.2 Å². The van der Waals surface area contributed by atoms with Crippen LogP contribution in [0.2, 0.25) is 5.02 Å². The van der Waals surface area contributed by atoms with Crippen LogP contribution in [-0.4, -0.2) is 32.4 Å². The highest BCUT2D eigenvalue weighted by Crippen LogP contribution is 2.35. The number of carbonyl (C=O) groups is 3. The number of aryl methyl sites for hydroxylation is 1. The molecule has 0 atom stereocenters. The van der Waals surface area contributed by atoms with E-state index in [4.69, 9.17) is 11.6 Å². The predicted molar refractivity (Wildman–Crippen MR) is 116 cm³/mol.